The Balaban J connectivity index is 2.39. The summed E-state index contributed by atoms with van der Waals surface area (Å²) in [4.78, 5) is 12.0. The summed E-state index contributed by atoms with van der Waals surface area (Å²) in [5.41, 5.74) is 10.5. The molecule has 1 aromatic heterocycles. The molecule has 2 nitrogen and oxygen atoms in total. The van der Waals surface area contributed by atoms with Crippen LogP contribution in [0.25, 0.3) is 11.1 Å². The molecule has 3 rings (SSSR count). The molecule has 0 aliphatic heterocycles. The number of anilines is 1. The quantitative estimate of drug-likeness (QED) is 0.626. The van der Waals surface area contributed by atoms with Crippen molar-refractivity contribution in [3.63, 3.8) is 0 Å². The number of rotatable bonds is 0. The lowest BCUT2D eigenvalue weighted by Gasteiger charge is -1.99. The lowest BCUT2D eigenvalue weighted by atomic mass is 10.1. The highest BCUT2D eigenvalue weighted by Crippen LogP contribution is 2.43. The minimum absolute atomic E-state index is 0.0683. The minimum Gasteiger partial charge on any atom is -0.390 e. The molecule has 0 atom stereocenters. The third-order valence-electron chi connectivity index (χ3n) is 2.76. The van der Waals surface area contributed by atoms with Crippen molar-refractivity contribution in [1.29, 1.82) is 0 Å². The Morgan fingerprint density at radius 2 is 2.00 bits per heavy atom. The molecule has 0 radical (unpaired) electrons. The third kappa shape index (κ3) is 1.01. The molecule has 0 amide bonds. The van der Waals surface area contributed by atoms with Crippen LogP contribution in [0.15, 0.2) is 23.6 Å². The van der Waals surface area contributed by atoms with Gasteiger partial charge in [-0.3, -0.25) is 4.79 Å². The molecule has 0 fully saturated rings. The summed E-state index contributed by atoms with van der Waals surface area (Å²) in [6.07, 6.45) is 0. The maximum Gasteiger partial charge on any atom is 0.197 e. The first-order chi connectivity index (χ1) is 7.18. The van der Waals surface area contributed by atoms with Crippen molar-refractivity contribution in [2.75, 3.05) is 5.73 Å². The number of carbonyl (C=O) groups excluding carboxylic acids is 1. The van der Waals surface area contributed by atoms with Crippen molar-refractivity contribution in [3.05, 3.63) is 40.3 Å². The van der Waals surface area contributed by atoms with Crippen LogP contribution in [0.4, 0.5) is 5.00 Å². The van der Waals surface area contributed by atoms with E-state index in [1.165, 1.54) is 16.9 Å². The molecule has 0 saturated carbocycles. The van der Waals surface area contributed by atoms with Crippen molar-refractivity contribution in [2.24, 2.45) is 0 Å². The van der Waals surface area contributed by atoms with Gasteiger partial charge in [-0.05, 0) is 12.5 Å². The fraction of sp³-hybridized carbons (Fsp3) is 0.0833. The summed E-state index contributed by atoms with van der Waals surface area (Å²) >= 11 is 1.44. The van der Waals surface area contributed by atoms with E-state index in [4.69, 9.17) is 5.73 Å². The summed E-state index contributed by atoms with van der Waals surface area (Å²) in [5.74, 6) is 0.0683. The predicted octanol–water partition coefficient (Wildman–Crippen LogP) is 2.85. The maximum atomic E-state index is 12.0. The van der Waals surface area contributed by atoms with Gasteiger partial charge in [0.25, 0.3) is 0 Å². The number of thiophene rings is 1. The number of hydrogen-bond donors (Lipinski definition) is 1. The molecular weight excluding hydrogens is 206 g/mol. The summed E-state index contributed by atoms with van der Waals surface area (Å²) in [6.45, 7) is 2.03. The number of fused-ring (bicyclic) bond motifs is 3. The van der Waals surface area contributed by atoms with Gasteiger partial charge in [0, 0.05) is 16.5 Å². The Morgan fingerprint density at radius 1 is 1.20 bits per heavy atom. The van der Waals surface area contributed by atoms with E-state index in [2.05, 4.69) is 0 Å². The maximum absolute atomic E-state index is 12.0. The zero-order valence-electron chi connectivity index (χ0n) is 8.20. The molecule has 3 heteroatoms. The van der Waals surface area contributed by atoms with Crippen LogP contribution < -0.4 is 5.73 Å². The first-order valence-electron chi connectivity index (χ1n) is 4.71. The average molecular weight is 215 g/mol. The van der Waals surface area contributed by atoms with Gasteiger partial charge in [0.15, 0.2) is 5.78 Å². The summed E-state index contributed by atoms with van der Waals surface area (Å²) in [6, 6.07) is 5.89. The van der Waals surface area contributed by atoms with E-state index >= 15 is 0 Å². The predicted molar refractivity (Wildman–Crippen MR) is 62.3 cm³/mol. The number of hydrogen-bond acceptors (Lipinski definition) is 3. The van der Waals surface area contributed by atoms with Gasteiger partial charge in [0.05, 0.1) is 10.6 Å². The van der Waals surface area contributed by atoms with E-state index in [1.807, 2.05) is 30.5 Å². The van der Waals surface area contributed by atoms with Gasteiger partial charge in [-0.1, -0.05) is 23.8 Å². The van der Waals surface area contributed by atoms with Gasteiger partial charge in [-0.15, -0.1) is 11.3 Å². The van der Waals surface area contributed by atoms with Crippen LogP contribution >= 0.6 is 11.3 Å². The molecule has 74 valence electrons. The van der Waals surface area contributed by atoms with Gasteiger partial charge < -0.3 is 5.73 Å². The molecular formula is C12H9NOS. The second kappa shape index (κ2) is 2.70. The molecule has 2 aromatic rings. The molecule has 1 aliphatic carbocycles. The van der Waals surface area contributed by atoms with Crippen LogP contribution in [-0.4, -0.2) is 5.78 Å². The monoisotopic (exact) mass is 215 g/mol. The van der Waals surface area contributed by atoms with Gasteiger partial charge in [0.2, 0.25) is 0 Å². The van der Waals surface area contributed by atoms with Crippen molar-refractivity contribution >= 4 is 22.1 Å². The topological polar surface area (TPSA) is 43.1 Å². The van der Waals surface area contributed by atoms with E-state index in [0.717, 1.165) is 16.7 Å². The number of ketones is 1. The third-order valence-corrected chi connectivity index (χ3v) is 3.57. The number of carbonyl (C=O) groups is 1. The second-order valence-corrected chi connectivity index (χ2v) is 4.68. The first-order valence-corrected chi connectivity index (χ1v) is 5.59. The number of nitrogens with two attached hydrogens (primary N) is 1. The van der Waals surface area contributed by atoms with Crippen molar-refractivity contribution < 1.29 is 4.79 Å². The second-order valence-electron chi connectivity index (χ2n) is 3.77. The van der Waals surface area contributed by atoms with Crippen LogP contribution in [-0.2, 0) is 0 Å². The Kier molecular flexibility index (Phi) is 1.56. The molecule has 1 heterocycles. The Hall–Kier alpha value is -1.61. The number of nitrogen functional groups attached to an aromatic ring is 1. The lowest BCUT2D eigenvalue weighted by Crippen LogP contribution is -1.97. The van der Waals surface area contributed by atoms with Crippen molar-refractivity contribution in [3.8, 4) is 11.1 Å². The van der Waals surface area contributed by atoms with E-state index < -0.39 is 0 Å². The fourth-order valence-electron chi connectivity index (χ4n) is 2.02. The van der Waals surface area contributed by atoms with Crippen LogP contribution in [0, 0.1) is 6.92 Å². The lowest BCUT2D eigenvalue weighted by molar-refractivity contribution is 0.104. The zero-order valence-corrected chi connectivity index (χ0v) is 9.02. The summed E-state index contributed by atoms with van der Waals surface area (Å²) in [5, 5.41) is 2.59. The molecule has 2 N–H and O–H groups in total. The van der Waals surface area contributed by atoms with E-state index in [1.54, 1.807) is 0 Å². The normalized spacial score (nSPS) is 12.7. The van der Waals surface area contributed by atoms with Crippen LogP contribution in [0.2, 0.25) is 0 Å². The number of benzene rings is 1. The van der Waals surface area contributed by atoms with Gasteiger partial charge in [-0.2, -0.15) is 0 Å². The molecule has 0 bridgehead atoms. The smallest absolute Gasteiger partial charge is 0.197 e. The molecule has 1 aromatic carbocycles. The highest BCUT2D eigenvalue weighted by Gasteiger charge is 2.29. The molecule has 0 saturated heterocycles. The SMILES string of the molecule is Cc1ccc2c(c1)-c1csc(N)c1C2=O. The van der Waals surface area contributed by atoms with Gasteiger partial charge in [-0.25, -0.2) is 0 Å². The molecule has 0 spiro atoms. The largest absolute Gasteiger partial charge is 0.390 e. The van der Waals surface area contributed by atoms with E-state index in [0.29, 0.717) is 10.6 Å². The minimum atomic E-state index is 0.0683. The number of aryl methyl sites for hydroxylation is 1. The van der Waals surface area contributed by atoms with E-state index in [9.17, 15) is 4.79 Å². The van der Waals surface area contributed by atoms with Crippen LogP contribution in [0.3, 0.4) is 0 Å². The summed E-state index contributed by atoms with van der Waals surface area (Å²) < 4.78 is 0. The van der Waals surface area contributed by atoms with Gasteiger partial charge >= 0.3 is 0 Å². The van der Waals surface area contributed by atoms with Crippen LogP contribution in [0.1, 0.15) is 21.5 Å². The average Bonchev–Trinajstić information content (AvgIpc) is 2.70. The Labute approximate surface area is 91.4 Å². The Morgan fingerprint density at radius 3 is 2.80 bits per heavy atom. The zero-order chi connectivity index (χ0) is 10.6. The first kappa shape index (κ1) is 8.68. The van der Waals surface area contributed by atoms with Crippen LogP contribution in [0.5, 0.6) is 0 Å². The standard InChI is InChI=1S/C12H9NOS/c1-6-2-3-7-8(4-6)9-5-15-12(13)10(9)11(7)14/h2-5H,13H2,1H3. The molecule has 1 aliphatic rings. The molecule has 15 heavy (non-hydrogen) atoms. The Bertz CT molecular complexity index is 583. The van der Waals surface area contributed by atoms with Gasteiger partial charge in [0.1, 0.15) is 0 Å². The fourth-order valence-corrected chi connectivity index (χ4v) is 2.83. The highest BCUT2D eigenvalue weighted by molar-refractivity contribution is 7.15. The van der Waals surface area contributed by atoms with E-state index in [-0.39, 0.29) is 5.78 Å². The highest BCUT2D eigenvalue weighted by atomic mass is 32.1. The van der Waals surface area contributed by atoms with Crippen molar-refractivity contribution in [1.82, 2.24) is 0 Å². The molecule has 0 unspecified atom stereocenters. The van der Waals surface area contributed by atoms with Crippen molar-refractivity contribution in [2.45, 2.75) is 6.92 Å². The summed E-state index contributed by atoms with van der Waals surface area (Å²) in [7, 11) is 0.